The van der Waals surface area contributed by atoms with Gasteiger partial charge in [0, 0.05) is 23.7 Å². The number of ether oxygens (including phenoxy) is 1. The number of aromatic amines is 1. The average molecular weight is 259 g/mol. The molecule has 0 amide bonds. The molecule has 19 heavy (non-hydrogen) atoms. The molecular weight excluding hydrogens is 240 g/mol. The second-order valence-electron chi connectivity index (χ2n) is 5.08. The molecule has 3 N–H and O–H groups in total. The first-order valence-electron chi connectivity index (χ1n) is 6.88. The number of hydrogen-bond acceptors (Lipinski definition) is 2. The van der Waals surface area contributed by atoms with E-state index in [0.29, 0.717) is 6.61 Å². The molecule has 0 unspecified atom stereocenters. The molecule has 1 aromatic carbocycles. The van der Waals surface area contributed by atoms with E-state index < -0.39 is 0 Å². The fraction of sp³-hybridized carbons (Fsp3) is 0.400. The van der Waals surface area contributed by atoms with Gasteiger partial charge >= 0.3 is 0 Å². The first-order chi connectivity index (χ1) is 9.26. The van der Waals surface area contributed by atoms with Crippen LogP contribution in [0.3, 0.4) is 0 Å². The molecule has 1 saturated carbocycles. The van der Waals surface area contributed by atoms with E-state index in [1.165, 1.54) is 12.8 Å². The molecule has 2 aromatic rings. The van der Waals surface area contributed by atoms with Crippen molar-refractivity contribution in [2.75, 3.05) is 6.61 Å². The second kappa shape index (κ2) is 5.05. The first kappa shape index (κ1) is 12.2. The average Bonchev–Trinajstić information content (AvgIpc) is 3.21. The van der Waals surface area contributed by atoms with Gasteiger partial charge in [0.2, 0.25) is 0 Å². The molecule has 0 spiro atoms. The van der Waals surface area contributed by atoms with Gasteiger partial charge < -0.3 is 15.0 Å². The van der Waals surface area contributed by atoms with E-state index in [1.807, 2.05) is 31.2 Å². The third-order valence-corrected chi connectivity index (χ3v) is 3.50. The van der Waals surface area contributed by atoms with Gasteiger partial charge in [-0.25, -0.2) is 0 Å². The fourth-order valence-electron chi connectivity index (χ4n) is 2.26. The van der Waals surface area contributed by atoms with Gasteiger partial charge in [0.1, 0.15) is 12.3 Å². The lowest BCUT2D eigenvalue weighted by Gasteiger charge is -2.06. The summed E-state index contributed by atoms with van der Waals surface area (Å²) in [6, 6.07) is 8.48. The largest absolute Gasteiger partial charge is 0.494 e. The van der Waals surface area contributed by atoms with Gasteiger partial charge in [-0.15, -0.1) is 0 Å². The van der Waals surface area contributed by atoms with Gasteiger partial charge in [-0.1, -0.05) is 0 Å². The number of nitrogens with two attached hydrogens (primary N) is 1. The molecule has 0 saturated heterocycles. The number of fused-ring (bicyclic) bond motifs is 1. The van der Waals surface area contributed by atoms with Crippen LogP contribution in [0.25, 0.3) is 10.9 Å². The Bertz CT molecular complexity index is 644. The van der Waals surface area contributed by atoms with Gasteiger partial charge in [0.25, 0.3) is 5.56 Å². The Morgan fingerprint density at radius 1 is 1.37 bits per heavy atom. The number of rotatable bonds is 5. The second-order valence-corrected chi connectivity index (χ2v) is 5.08. The Balaban J connectivity index is 1.92. The number of pyridine rings is 1. The lowest BCUT2D eigenvalue weighted by atomic mass is 10.1. The van der Waals surface area contributed by atoms with Crippen molar-refractivity contribution >= 4 is 10.9 Å². The third-order valence-electron chi connectivity index (χ3n) is 3.50. The van der Waals surface area contributed by atoms with Crippen LogP contribution in [-0.4, -0.2) is 17.6 Å². The number of nitrogens with one attached hydrogen (secondary N) is 1. The highest BCUT2D eigenvalue weighted by atomic mass is 16.5. The molecule has 100 valence electrons. The number of benzene rings is 1. The minimum Gasteiger partial charge on any atom is -0.494 e. The van der Waals surface area contributed by atoms with Crippen LogP contribution < -0.4 is 15.6 Å². The highest BCUT2D eigenvalue weighted by molar-refractivity contribution is 5.80. The monoisotopic (exact) mass is 259 g/mol. The molecule has 1 aromatic heterocycles. The molecule has 1 fully saturated rings. The van der Waals surface area contributed by atoms with Crippen LogP contribution in [-0.2, 0) is 6.54 Å². The van der Waals surface area contributed by atoms with E-state index in [1.54, 1.807) is 0 Å². The van der Waals surface area contributed by atoms with Crippen molar-refractivity contribution in [2.45, 2.75) is 32.4 Å². The highest BCUT2D eigenvalue weighted by Gasteiger charge is 2.25. The van der Waals surface area contributed by atoms with Gasteiger partial charge in [-0.2, -0.15) is 0 Å². The van der Waals surface area contributed by atoms with E-state index in [9.17, 15) is 4.79 Å². The molecule has 0 bridgehead atoms. The van der Waals surface area contributed by atoms with Crippen molar-refractivity contribution in [3.8, 4) is 5.75 Å². The summed E-state index contributed by atoms with van der Waals surface area (Å²) >= 11 is 0. The Hall–Kier alpha value is -1.81. The molecule has 0 radical (unpaired) electrons. The Kier molecular flexibility index (Phi) is 3.25. The SMILES string of the molecule is CCOc1ccc2[nH]c(=O)c(C[NH2+]C3CC3)cc2c1. The molecule has 1 aliphatic rings. The maximum atomic E-state index is 12.0. The van der Waals surface area contributed by atoms with E-state index in [2.05, 4.69) is 10.3 Å². The third kappa shape index (κ3) is 2.79. The highest BCUT2D eigenvalue weighted by Crippen LogP contribution is 2.19. The number of H-pyrrole nitrogens is 1. The zero-order chi connectivity index (χ0) is 13.2. The van der Waals surface area contributed by atoms with Gasteiger partial charge in [0.05, 0.1) is 18.2 Å². The van der Waals surface area contributed by atoms with E-state index in [0.717, 1.165) is 34.8 Å². The Labute approximate surface area is 111 Å². The van der Waals surface area contributed by atoms with E-state index in [4.69, 9.17) is 4.74 Å². The summed E-state index contributed by atoms with van der Waals surface area (Å²) in [5.41, 5.74) is 1.73. The molecule has 4 heteroatoms. The normalized spacial score (nSPS) is 14.8. The number of hydrogen-bond donors (Lipinski definition) is 2. The lowest BCUT2D eigenvalue weighted by Crippen LogP contribution is -2.84. The van der Waals surface area contributed by atoms with Crippen LogP contribution in [0.2, 0.25) is 0 Å². The molecule has 1 heterocycles. The van der Waals surface area contributed by atoms with Crippen molar-refractivity contribution in [3.05, 3.63) is 40.2 Å². The van der Waals surface area contributed by atoms with Crippen LogP contribution in [0.5, 0.6) is 5.75 Å². The van der Waals surface area contributed by atoms with Crippen molar-refractivity contribution in [3.63, 3.8) is 0 Å². The van der Waals surface area contributed by atoms with Crippen molar-refractivity contribution in [2.24, 2.45) is 0 Å². The minimum absolute atomic E-state index is 0.0218. The fourth-order valence-corrected chi connectivity index (χ4v) is 2.26. The molecular formula is C15H19N2O2+. The summed E-state index contributed by atoms with van der Waals surface area (Å²) in [4.78, 5) is 14.9. The maximum absolute atomic E-state index is 12.0. The number of aromatic nitrogens is 1. The van der Waals surface area contributed by atoms with Crippen LogP contribution in [0, 0.1) is 0 Å². The summed E-state index contributed by atoms with van der Waals surface area (Å²) in [5.74, 6) is 0.846. The first-order valence-corrected chi connectivity index (χ1v) is 6.88. The Morgan fingerprint density at radius 3 is 2.95 bits per heavy atom. The summed E-state index contributed by atoms with van der Waals surface area (Å²) in [6.07, 6.45) is 2.56. The smallest absolute Gasteiger partial charge is 0.257 e. The van der Waals surface area contributed by atoms with Crippen LogP contribution in [0.15, 0.2) is 29.1 Å². The van der Waals surface area contributed by atoms with E-state index in [-0.39, 0.29) is 5.56 Å². The topological polar surface area (TPSA) is 58.7 Å². The Morgan fingerprint density at radius 2 is 2.21 bits per heavy atom. The quantitative estimate of drug-likeness (QED) is 0.846. The molecule has 0 aliphatic heterocycles. The standard InChI is InChI=1S/C15H18N2O2/c1-2-19-13-5-6-14-10(8-13)7-11(15(18)17-14)9-16-12-3-4-12/h5-8,12,16H,2-4,9H2,1H3,(H,17,18)/p+1. The molecule has 1 aliphatic carbocycles. The minimum atomic E-state index is 0.0218. The predicted octanol–water partition coefficient (Wildman–Crippen LogP) is 1.15. The molecule has 4 nitrogen and oxygen atoms in total. The zero-order valence-electron chi connectivity index (χ0n) is 11.1. The van der Waals surface area contributed by atoms with Crippen molar-refractivity contribution in [1.82, 2.24) is 4.98 Å². The van der Waals surface area contributed by atoms with E-state index >= 15 is 0 Å². The summed E-state index contributed by atoms with van der Waals surface area (Å²) in [7, 11) is 0. The van der Waals surface area contributed by atoms with Gasteiger partial charge in [-0.05, 0) is 31.2 Å². The maximum Gasteiger partial charge on any atom is 0.257 e. The summed E-state index contributed by atoms with van der Waals surface area (Å²) < 4.78 is 5.49. The summed E-state index contributed by atoms with van der Waals surface area (Å²) in [5, 5.41) is 3.28. The zero-order valence-corrected chi connectivity index (χ0v) is 11.1. The van der Waals surface area contributed by atoms with Gasteiger partial charge in [0.15, 0.2) is 0 Å². The molecule has 3 rings (SSSR count). The van der Waals surface area contributed by atoms with Crippen molar-refractivity contribution in [1.29, 1.82) is 0 Å². The lowest BCUT2D eigenvalue weighted by molar-refractivity contribution is -0.684. The molecule has 0 atom stereocenters. The number of quaternary nitrogens is 1. The van der Waals surface area contributed by atoms with Crippen LogP contribution >= 0.6 is 0 Å². The van der Waals surface area contributed by atoms with Gasteiger partial charge in [-0.3, -0.25) is 4.79 Å². The predicted molar refractivity (Wildman–Crippen MR) is 74.4 cm³/mol. The van der Waals surface area contributed by atoms with Crippen LogP contribution in [0.1, 0.15) is 25.3 Å². The van der Waals surface area contributed by atoms with Crippen LogP contribution in [0.4, 0.5) is 0 Å². The van der Waals surface area contributed by atoms with Crippen molar-refractivity contribution < 1.29 is 10.1 Å². The summed E-state index contributed by atoms with van der Waals surface area (Å²) in [6.45, 7) is 3.37.